The van der Waals surface area contributed by atoms with Gasteiger partial charge in [0.2, 0.25) is 0 Å². The highest BCUT2D eigenvalue weighted by Gasteiger charge is 2.59. The van der Waals surface area contributed by atoms with E-state index < -0.39 is 0 Å². The summed E-state index contributed by atoms with van der Waals surface area (Å²) in [7, 11) is 0. The van der Waals surface area contributed by atoms with Gasteiger partial charge in [0.25, 0.3) is 0 Å². The standard InChI is InChI=1S/C17H30N2OS/c1-9-13-12(4)21-14(18-13)17(19-11(2)3)10-15(5,6)20-16(17,7)8/h11,19H,9-10H2,1-8H3. The van der Waals surface area contributed by atoms with E-state index >= 15 is 0 Å². The minimum absolute atomic E-state index is 0.142. The molecule has 1 aliphatic heterocycles. The molecule has 1 atom stereocenters. The summed E-state index contributed by atoms with van der Waals surface area (Å²) >= 11 is 1.83. The van der Waals surface area contributed by atoms with Gasteiger partial charge in [-0.1, -0.05) is 6.92 Å². The van der Waals surface area contributed by atoms with Gasteiger partial charge in [-0.05, 0) is 54.9 Å². The third-order valence-electron chi connectivity index (χ3n) is 4.38. The minimum Gasteiger partial charge on any atom is -0.367 e. The van der Waals surface area contributed by atoms with Gasteiger partial charge in [-0.2, -0.15) is 0 Å². The molecule has 2 rings (SSSR count). The van der Waals surface area contributed by atoms with E-state index in [4.69, 9.17) is 9.72 Å². The molecule has 0 bridgehead atoms. The topological polar surface area (TPSA) is 34.2 Å². The average Bonchev–Trinajstić information content (AvgIpc) is 2.74. The van der Waals surface area contributed by atoms with Crippen LogP contribution in [0.15, 0.2) is 0 Å². The number of ether oxygens (including phenoxy) is 1. The first-order valence-electron chi connectivity index (χ1n) is 7.97. The lowest BCUT2D eigenvalue weighted by Gasteiger charge is -2.40. The molecule has 120 valence electrons. The van der Waals surface area contributed by atoms with Crippen molar-refractivity contribution in [2.24, 2.45) is 0 Å². The smallest absolute Gasteiger partial charge is 0.116 e. The molecule has 3 nitrogen and oxygen atoms in total. The summed E-state index contributed by atoms with van der Waals surface area (Å²) in [5, 5.41) is 4.99. The molecule has 1 N–H and O–H groups in total. The molecule has 0 spiro atoms. The lowest BCUT2D eigenvalue weighted by atomic mass is 9.79. The third-order valence-corrected chi connectivity index (χ3v) is 5.55. The van der Waals surface area contributed by atoms with Crippen molar-refractivity contribution >= 4 is 11.3 Å². The number of hydrogen-bond donors (Lipinski definition) is 1. The van der Waals surface area contributed by atoms with E-state index in [9.17, 15) is 0 Å². The first kappa shape index (κ1) is 16.9. The number of rotatable bonds is 4. The second-order valence-corrected chi connectivity index (χ2v) is 8.83. The summed E-state index contributed by atoms with van der Waals surface area (Å²) in [5.41, 5.74) is 0.585. The summed E-state index contributed by atoms with van der Waals surface area (Å²) in [6, 6.07) is 0.385. The van der Waals surface area contributed by atoms with Crippen molar-refractivity contribution in [3.8, 4) is 0 Å². The molecule has 0 saturated carbocycles. The molecule has 0 aromatic carbocycles. The van der Waals surface area contributed by atoms with E-state index in [0.29, 0.717) is 6.04 Å². The minimum atomic E-state index is -0.282. The van der Waals surface area contributed by atoms with Gasteiger partial charge in [-0.15, -0.1) is 11.3 Å². The second kappa shape index (κ2) is 5.32. The van der Waals surface area contributed by atoms with Crippen molar-refractivity contribution in [3.05, 3.63) is 15.6 Å². The van der Waals surface area contributed by atoms with Crippen molar-refractivity contribution in [1.29, 1.82) is 0 Å². The summed E-state index contributed by atoms with van der Waals surface area (Å²) in [4.78, 5) is 6.30. The Morgan fingerprint density at radius 2 is 1.90 bits per heavy atom. The van der Waals surface area contributed by atoms with Gasteiger partial charge in [0.15, 0.2) is 0 Å². The maximum atomic E-state index is 6.39. The Hall–Kier alpha value is -0.450. The molecule has 0 aliphatic carbocycles. The van der Waals surface area contributed by atoms with Crippen molar-refractivity contribution in [1.82, 2.24) is 10.3 Å². The molecule has 1 aromatic heterocycles. The van der Waals surface area contributed by atoms with Crippen LogP contribution in [0, 0.1) is 6.92 Å². The Balaban J connectivity index is 2.57. The molecule has 4 heteroatoms. The van der Waals surface area contributed by atoms with Crippen molar-refractivity contribution in [2.75, 3.05) is 0 Å². The van der Waals surface area contributed by atoms with E-state index in [1.165, 1.54) is 15.6 Å². The van der Waals surface area contributed by atoms with Gasteiger partial charge >= 0.3 is 0 Å². The van der Waals surface area contributed by atoms with E-state index in [2.05, 4.69) is 60.7 Å². The maximum absolute atomic E-state index is 6.39. The third kappa shape index (κ3) is 2.90. The van der Waals surface area contributed by atoms with Crippen LogP contribution in [0.25, 0.3) is 0 Å². The van der Waals surface area contributed by atoms with Crippen LogP contribution >= 0.6 is 11.3 Å². The van der Waals surface area contributed by atoms with Crippen LogP contribution in [-0.2, 0) is 16.7 Å². The van der Waals surface area contributed by atoms with Gasteiger partial charge in [-0.3, -0.25) is 0 Å². The fourth-order valence-corrected chi connectivity index (χ4v) is 5.02. The van der Waals surface area contributed by atoms with Crippen LogP contribution in [0.4, 0.5) is 0 Å². The van der Waals surface area contributed by atoms with Crippen molar-refractivity contribution in [2.45, 2.75) is 91.0 Å². The fourth-order valence-electron chi connectivity index (χ4n) is 3.72. The Bertz CT molecular complexity index is 519. The Labute approximate surface area is 133 Å². The Morgan fingerprint density at radius 1 is 1.29 bits per heavy atom. The lowest BCUT2D eigenvalue weighted by Crippen LogP contribution is -2.56. The Morgan fingerprint density at radius 3 is 2.29 bits per heavy atom. The van der Waals surface area contributed by atoms with Crippen LogP contribution in [-0.4, -0.2) is 22.2 Å². The molecule has 21 heavy (non-hydrogen) atoms. The van der Waals surface area contributed by atoms with Crippen LogP contribution in [0.5, 0.6) is 0 Å². The van der Waals surface area contributed by atoms with Gasteiger partial charge in [-0.25, -0.2) is 4.98 Å². The van der Waals surface area contributed by atoms with Crippen molar-refractivity contribution < 1.29 is 4.74 Å². The molecule has 0 amide bonds. The molecule has 2 heterocycles. The first-order chi connectivity index (χ1) is 9.53. The van der Waals surface area contributed by atoms with E-state index in [1.807, 2.05) is 11.3 Å². The SMILES string of the molecule is CCc1nc(C2(NC(C)C)CC(C)(C)OC2(C)C)sc1C. The zero-order chi connectivity index (χ0) is 16.1. The van der Waals surface area contributed by atoms with E-state index in [1.54, 1.807) is 0 Å². The highest BCUT2D eigenvalue weighted by Crippen LogP contribution is 2.52. The molecule has 1 aromatic rings. The average molecular weight is 311 g/mol. The molecule has 1 saturated heterocycles. The van der Waals surface area contributed by atoms with E-state index in [0.717, 1.165) is 12.8 Å². The number of thiazole rings is 1. The fraction of sp³-hybridized carbons (Fsp3) is 0.824. The zero-order valence-electron chi connectivity index (χ0n) is 14.8. The van der Waals surface area contributed by atoms with Gasteiger partial charge in [0.05, 0.1) is 16.9 Å². The van der Waals surface area contributed by atoms with Gasteiger partial charge < -0.3 is 10.1 Å². The number of aryl methyl sites for hydroxylation is 2. The molecular weight excluding hydrogens is 280 g/mol. The quantitative estimate of drug-likeness (QED) is 0.905. The normalized spacial score (nSPS) is 27.5. The number of hydrogen-bond acceptors (Lipinski definition) is 4. The predicted octanol–water partition coefficient (Wildman–Crippen LogP) is 4.18. The summed E-state index contributed by atoms with van der Waals surface area (Å²) in [6.07, 6.45) is 1.94. The monoisotopic (exact) mass is 310 g/mol. The largest absolute Gasteiger partial charge is 0.367 e. The first-order valence-corrected chi connectivity index (χ1v) is 8.79. The molecule has 0 radical (unpaired) electrons. The lowest BCUT2D eigenvalue weighted by molar-refractivity contribution is -0.0854. The maximum Gasteiger partial charge on any atom is 0.116 e. The molecule has 1 fully saturated rings. The number of aromatic nitrogens is 1. The van der Waals surface area contributed by atoms with E-state index in [-0.39, 0.29) is 16.7 Å². The Kier molecular flexibility index (Phi) is 4.29. The highest BCUT2D eigenvalue weighted by atomic mass is 32.1. The van der Waals surface area contributed by atoms with Crippen LogP contribution in [0.2, 0.25) is 0 Å². The summed E-state index contributed by atoms with van der Waals surface area (Å²) in [5.74, 6) is 0. The highest BCUT2D eigenvalue weighted by molar-refractivity contribution is 7.11. The molecule has 1 unspecified atom stereocenters. The summed E-state index contributed by atoms with van der Waals surface area (Å²) in [6.45, 7) is 17.5. The molecule has 1 aliphatic rings. The van der Waals surface area contributed by atoms with Crippen molar-refractivity contribution in [3.63, 3.8) is 0 Å². The zero-order valence-corrected chi connectivity index (χ0v) is 15.6. The predicted molar refractivity (Wildman–Crippen MR) is 90.0 cm³/mol. The van der Waals surface area contributed by atoms with Crippen LogP contribution < -0.4 is 5.32 Å². The number of nitrogens with one attached hydrogen (secondary N) is 1. The summed E-state index contributed by atoms with van der Waals surface area (Å²) < 4.78 is 6.39. The van der Waals surface area contributed by atoms with Crippen LogP contribution in [0.3, 0.4) is 0 Å². The second-order valence-electron chi connectivity index (χ2n) is 7.63. The van der Waals surface area contributed by atoms with Gasteiger partial charge in [0.1, 0.15) is 10.5 Å². The van der Waals surface area contributed by atoms with Gasteiger partial charge in [0, 0.05) is 17.3 Å². The number of nitrogens with zero attached hydrogens (tertiary/aromatic N) is 1. The van der Waals surface area contributed by atoms with Crippen LogP contribution in [0.1, 0.15) is 70.5 Å². The molecular formula is C17H30N2OS.